The average Bonchev–Trinajstić information content (AvgIpc) is 2.52. The minimum absolute atomic E-state index is 1.04. The van der Waals surface area contributed by atoms with E-state index in [1.165, 1.54) is 10.8 Å². The van der Waals surface area contributed by atoms with Gasteiger partial charge in [-0.3, -0.25) is 0 Å². The summed E-state index contributed by atoms with van der Waals surface area (Å²) >= 11 is 0. The number of rotatable bonds is 0. The smallest absolute Gasteiger partial charge is 0.0000480 e. The highest BCUT2D eigenvalue weighted by molar-refractivity contribution is 5.92. The molecule has 0 heterocycles. The standard InChI is InChI=1S/C12H5/c1-3-9-4-2-6-11-8-7-10(5-1)12(9)11/h1-5H. The Kier molecular flexibility index (Phi) is 0.991. The van der Waals surface area contributed by atoms with E-state index in [1.807, 2.05) is 12.1 Å². The molecule has 0 fully saturated rings. The molecule has 0 nitrogen and oxygen atoms in total. The SMILES string of the molecule is [C]1=[C]c2cccc3cc[c]c1c23. The first kappa shape index (κ1) is 6.01. The molecule has 3 radical (unpaired) electrons. The minimum Gasteiger partial charge on any atom is -0.0610 e. The number of hydrogen-bond donors (Lipinski definition) is 0. The summed E-state index contributed by atoms with van der Waals surface area (Å²) in [6.45, 7) is 0. The highest BCUT2D eigenvalue weighted by atomic mass is 14.1. The van der Waals surface area contributed by atoms with Gasteiger partial charge >= 0.3 is 0 Å². The van der Waals surface area contributed by atoms with Crippen LogP contribution in [-0.2, 0) is 0 Å². The molecule has 53 valence electrons. The highest BCUT2D eigenvalue weighted by Gasteiger charge is 2.07. The largest absolute Gasteiger partial charge is 0.0610 e. The molecule has 2 aromatic rings. The van der Waals surface area contributed by atoms with Crippen LogP contribution in [0.3, 0.4) is 0 Å². The molecule has 1 aliphatic rings. The summed E-state index contributed by atoms with van der Waals surface area (Å²) in [5, 5.41) is 2.48. The van der Waals surface area contributed by atoms with Crippen molar-refractivity contribution in [3.05, 3.63) is 59.7 Å². The van der Waals surface area contributed by atoms with Crippen molar-refractivity contribution >= 4 is 10.8 Å². The zero-order chi connectivity index (χ0) is 7.97. The quantitative estimate of drug-likeness (QED) is 0.460. The number of hydrogen-bond acceptors (Lipinski definition) is 0. The van der Waals surface area contributed by atoms with Crippen molar-refractivity contribution in [1.82, 2.24) is 0 Å². The van der Waals surface area contributed by atoms with Gasteiger partial charge in [-0.2, -0.15) is 0 Å². The van der Waals surface area contributed by atoms with E-state index in [0.29, 0.717) is 0 Å². The Labute approximate surface area is 71.1 Å². The molecule has 0 unspecified atom stereocenters. The van der Waals surface area contributed by atoms with Crippen molar-refractivity contribution < 1.29 is 0 Å². The molecule has 0 amide bonds. The van der Waals surface area contributed by atoms with Crippen LogP contribution in [0.5, 0.6) is 0 Å². The van der Waals surface area contributed by atoms with E-state index in [-0.39, 0.29) is 0 Å². The highest BCUT2D eigenvalue weighted by Crippen LogP contribution is 2.27. The molecule has 2 aromatic carbocycles. The molecule has 0 aliphatic heterocycles. The van der Waals surface area contributed by atoms with Crippen LogP contribution in [-0.4, -0.2) is 0 Å². The first-order chi connectivity index (χ1) is 5.95. The molecule has 0 aromatic heterocycles. The Morgan fingerprint density at radius 1 is 1.00 bits per heavy atom. The molecule has 0 atom stereocenters. The maximum Gasteiger partial charge on any atom is -0.0000480 e. The molecule has 0 saturated heterocycles. The first-order valence-electron chi connectivity index (χ1n) is 3.90. The van der Waals surface area contributed by atoms with Crippen LogP contribution in [0.4, 0.5) is 0 Å². The second-order valence-corrected chi connectivity index (χ2v) is 2.87. The lowest BCUT2D eigenvalue weighted by molar-refractivity contribution is 1.67. The van der Waals surface area contributed by atoms with E-state index in [1.54, 1.807) is 0 Å². The maximum atomic E-state index is 3.14. The van der Waals surface area contributed by atoms with Gasteiger partial charge in [-0.25, -0.2) is 0 Å². The average molecular weight is 149 g/mol. The van der Waals surface area contributed by atoms with E-state index in [4.69, 9.17) is 0 Å². The summed E-state index contributed by atoms with van der Waals surface area (Å²) in [5.41, 5.74) is 2.18. The van der Waals surface area contributed by atoms with Gasteiger partial charge in [0.2, 0.25) is 0 Å². The van der Waals surface area contributed by atoms with Gasteiger partial charge in [0.1, 0.15) is 0 Å². The normalized spacial score (nSPS) is 12.7. The monoisotopic (exact) mass is 149 g/mol. The summed E-state index contributed by atoms with van der Waals surface area (Å²) < 4.78 is 0. The third-order valence-corrected chi connectivity index (χ3v) is 2.16. The second-order valence-electron chi connectivity index (χ2n) is 2.87. The fourth-order valence-corrected chi connectivity index (χ4v) is 1.61. The molecule has 3 rings (SSSR count). The van der Waals surface area contributed by atoms with Crippen molar-refractivity contribution in [1.29, 1.82) is 0 Å². The van der Waals surface area contributed by atoms with Crippen LogP contribution in [0.2, 0.25) is 0 Å². The zero-order valence-electron chi connectivity index (χ0n) is 6.39. The molecular formula is C12H5. The van der Waals surface area contributed by atoms with Crippen LogP contribution >= 0.6 is 0 Å². The van der Waals surface area contributed by atoms with Gasteiger partial charge < -0.3 is 0 Å². The summed E-state index contributed by atoms with van der Waals surface area (Å²) in [7, 11) is 0. The van der Waals surface area contributed by atoms with Gasteiger partial charge in [-0.1, -0.05) is 30.3 Å². The van der Waals surface area contributed by atoms with Crippen molar-refractivity contribution in [3.63, 3.8) is 0 Å². The summed E-state index contributed by atoms with van der Waals surface area (Å²) in [6.07, 6.45) is 6.16. The van der Waals surface area contributed by atoms with E-state index < -0.39 is 0 Å². The van der Waals surface area contributed by atoms with Gasteiger partial charge in [0.25, 0.3) is 0 Å². The molecule has 0 bridgehead atoms. The number of benzene rings is 2. The lowest BCUT2D eigenvalue weighted by atomic mass is 10.0. The van der Waals surface area contributed by atoms with Crippen LogP contribution in [0.25, 0.3) is 10.8 Å². The molecule has 12 heavy (non-hydrogen) atoms. The van der Waals surface area contributed by atoms with Crippen molar-refractivity contribution in [2.24, 2.45) is 0 Å². The Morgan fingerprint density at radius 2 is 2.00 bits per heavy atom. The van der Waals surface area contributed by atoms with Gasteiger partial charge in [0.15, 0.2) is 0 Å². The van der Waals surface area contributed by atoms with E-state index in [9.17, 15) is 0 Å². The lowest BCUT2D eigenvalue weighted by Crippen LogP contribution is -1.77. The predicted octanol–water partition coefficient (Wildman–Crippen LogP) is 2.51. The van der Waals surface area contributed by atoms with E-state index in [0.717, 1.165) is 11.1 Å². The third kappa shape index (κ3) is 0.620. The van der Waals surface area contributed by atoms with E-state index in [2.05, 4.69) is 36.4 Å². The van der Waals surface area contributed by atoms with Gasteiger partial charge in [-0.05, 0) is 40.1 Å². The van der Waals surface area contributed by atoms with Crippen LogP contribution in [0.1, 0.15) is 11.1 Å². The van der Waals surface area contributed by atoms with Gasteiger partial charge in [-0.15, -0.1) is 0 Å². The Bertz CT molecular complexity index is 438. The van der Waals surface area contributed by atoms with E-state index >= 15 is 0 Å². The van der Waals surface area contributed by atoms with Crippen molar-refractivity contribution in [3.8, 4) is 0 Å². The Morgan fingerprint density at radius 3 is 3.00 bits per heavy atom. The molecule has 0 saturated carbocycles. The van der Waals surface area contributed by atoms with Crippen molar-refractivity contribution in [2.75, 3.05) is 0 Å². The maximum absolute atomic E-state index is 3.14. The van der Waals surface area contributed by atoms with Crippen LogP contribution < -0.4 is 0 Å². The van der Waals surface area contributed by atoms with Crippen molar-refractivity contribution in [2.45, 2.75) is 0 Å². The van der Waals surface area contributed by atoms with Crippen LogP contribution in [0.15, 0.2) is 30.3 Å². The fraction of sp³-hybridized carbons (Fsp3) is 0. The molecule has 1 aliphatic carbocycles. The predicted molar refractivity (Wildman–Crippen MR) is 47.5 cm³/mol. The third-order valence-electron chi connectivity index (χ3n) is 2.16. The molecular weight excluding hydrogens is 144 g/mol. The Balaban J connectivity index is 2.64. The fourth-order valence-electron chi connectivity index (χ4n) is 1.61. The van der Waals surface area contributed by atoms with Gasteiger partial charge in [0, 0.05) is 0 Å². The van der Waals surface area contributed by atoms with Crippen LogP contribution in [0, 0.1) is 18.2 Å². The lowest BCUT2D eigenvalue weighted by Gasteiger charge is -1.98. The first-order valence-corrected chi connectivity index (χ1v) is 3.90. The van der Waals surface area contributed by atoms with Gasteiger partial charge in [0.05, 0.1) is 0 Å². The summed E-state index contributed by atoms with van der Waals surface area (Å²) in [6, 6.07) is 13.3. The summed E-state index contributed by atoms with van der Waals surface area (Å²) in [5.74, 6) is 0. The second kappa shape index (κ2) is 1.98. The zero-order valence-corrected chi connectivity index (χ0v) is 6.39. The minimum atomic E-state index is 1.04. The summed E-state index contributed by atoms with van der Waals surface area (Å²) in [4.78, 5) is 0. The Hall–Kier alpha value is -1.56. The topological polar surface area (TPSA) is 0 Å². The molecule has 0 N–H and O–H groups in total. The molecule has 0 heteroatoms. The molecule has 0 spiro atoms.